The number of hydrogen-bond donors (Lipinski definition) is 2. The summed E-state index contributed by atoms with van der Waals surface area (Å²) in [6, 6.07) is 4.94. The van der Waals surface area contributed by atoms with Crippen molar-refractivity contribution in [3.05, 3.63) is 56.4 Å². The summed E-state index contributed by atoms with van der Waals surface area (Å²) >= 11 is 0. The van der Waals surface area contributed by atoms with Crippen molar-refractivity contribution in [3.63, 3.8) is 0 Å². The number of H-pyrrole nitrogens is 1. The average molecular weight is 468 g/mol. The Morgan fingerprint density at radius 2 is 2.25 bits per heavy atom. The third-order valence-electron chi connectivity index (χ3n) is 4.87. The molecule has 1 unspecified atom stereocenters. The lowest BCUT2D eigenvalue weighted by Gasteiger charge is -2.28. The van der Waals surface area contributed by atoms with Gasteiger partial charge in [-0.3, -0.25) is 23.4 Å². The van der Waals surface area contributed by atoms with Crippen LogP contribution >= 0.6 is 7.82 Å². The number of halogens is 1. The Morgan fingerprint density at radius 1 is 1.47 bits per heavy atom. The van der Waals surface area contributed by atoms with Gasteiger partial charge in [-0.15, -0.1) is 6.42 Å². The van der Waals surface area contributed by atoms with Gasteiger partial charge in [0.05, 0.1) is 13.7 Å². The number of alkyl halides is 1. The number of methoxy groups -OCH3 is 1. The molecule has 2 aliphatic rings. The van der Waals surface area contributed by atoms with Crippen molar-refractivity contribution in [2.75, 3.05) is 13.7 Å². The van der Waals surface area contributed by atoms with Gasteiger partial charge in [0.25, 0.3) is 5.56 Å². The molecule has 3 heterocycles. The number of terminal acetylenes is 1. The highest BCUT2D eigenvalue weighted by molar-refractivity contribution is 7.49. The number of aliphatic hydroxyl groups is 1. The van der Waals surface area contributed by atoms with Gasteiger partial charge in [-0.05, 0) is 6.07 Å². The minimum atomic E-state index is -4.25. The van der Waals surface area contributed by atoms with E-state index in [0.29, 0.717) is 11.3 Å². The molecule has 0 saturated carbocycles. The SMILES string of the molecule is C#Cc1cn([C@@H]2O[C@](F)(COP3(=O)OCc4cccc(OC)c4O3)C[C@H]2O)c(=O)[nH]c1=O. The number of aliphatic hydroxyl groups excluding tert-OH is 1. The van der Waals surface area contributed by atoms with E-state index >= 15 is 4.39 Å². The van der Waals surface area contributed by atoms with Gasteiger partial charge < -0.3 is 19.1 Å². The van der Waals surface area contributed by atoms with Crippen molar-refractivity contribution in [2.24, 2.45) is 0 Å². The second-order valence-electron chi connectivity index (χ2n) is 7.05. The molecule has 2 aliphatic heterocycles. The number of ether oxygens (including phenoxy) is 2. The molecule has 0 aliphatic carbocycles. The molecule has 170 valence electrons. The first kappa shape index (κ1) is 22.3. The van der Waals surface area contributed by atoms with E-state index in [-0.39, 0.29) is 17.9 Å². The Morgan fingerprint density at radius 3 is 2.97 bits per heavy atom. The van der Waals surface area contributed by atoms with Crippen molar-refractivity contribution >= 4 is 7.82 Å². The number of nitrogens with zero attached hydrogens (tertiary/aromatic N) is 1. The maximum atomic E-state index is 15.3. The predicted octanol–water partition coefficient (Wildman–Crippen LogP) is 1.21. The van der Waals surface area contributed by atoms with Crippen molar-refractivity contribution in [2.45, 2.75) is 31.2 Å². The van der Waals surface area contributed by atoms with Gasteiger partial charge >= 0.3 is 13.5 Å². The quantitative estimate of drug-likeness (QED) is 0.490. The highest BCUT2D eigenvalue weighted by Crippen LogP contribution is 2.57. The summed E-state index contributed by atoms with van der Waals surface area (Å²) in [5.74, 6) is -0.145. The van der Waals surface area contributed by atoms with Crippen molar-refractivity contribution in [1.29, 1.82) is 0 Å². The van der Waals surface area contributed by atoms with E-state index in [2.05, 4.69) is 5.92 Å². The van der Waals surface area contributed by atoms with Gasteiger partial charge in [-0.2, -0.15) is 0 Å². The summed E-state index contributed by atoms with van der Waals surface area (Å²) in [7, 11) is -2.85. The number of aromatic nitrogens is 2. The minimum Gasteiger partial charge on any atom is -0.493 e. The molecule has 32 heavy (non-hydrogen) atoms. The molecule has 0 radical (unpaired) electrons. The molecule has 1 saturated heterocycles. The van der Waals surface area contributed by atoms with Crippen molar-refractivity contribution in [1.82, 2.24) is 9.55 Å². The van der Waals surface area contributed by atoms with Crippen LogP contribution in [0.4, 0.5) is 4.39 Å². The molecule has 4 atom stereocenters. The number of para-hydroxylation sites is 1. The van der Waals surface area contributed by atoms with Crippen LogP contribution in [-0.4, -0.2) is 40.3 Å². The molecule has 1 fully saturated rings. The van der Waals surface area contributed by atoms with Gasteiger partial charge in [-0.25, -0.2) is 13.8 Å². The van der Waals surface area contributed by atoms with E-state index in [0.717, 1.165) is 10.8 Å². The van der Waals surface area contributed by atoms with Crippen LogP contribution in [0.2, 0.25) is 0 Å². The lowest BCUT2D eigenvalue weighted by atomic mass is 10.2. The molecule has 0 bridgehead atoms. The zero-order chi connectivity index (χ0) is 23.1. The maximum absolute atomic E-state index is 15.3. The molecule has 11 nitrogen and oxygen atoms in total. The van der Waals surface area contributed by atoms with Gasteiger partial charge in [0.2, 0.25) is 5.85 Å². The van der Waals surface area contributed by atoms with Gasteiger partial charge in [-0.1, -0.05) is 18.1 Å². The molecular formula is C19H18FN2O9P. The fraction of sp³-hybridized carbons (Fsp3) is 0.368. The number of rotatable bonds is 5. The van der Waals surface area contributed by atoms with Crippen LogP contribution in [0.5, 0.6) is 11.5 Å². The standard InChI is InChI=1S/C19H18FN2O9P/c1-3-11-8-22(18(25)21-16(11)24)17-13(23)7-19(20,30-17)10-29-32(26)28-9-12-5-4-6-14(27-2)15(12)31-32/h1,4-6,8,13,17,23H,7,9-10H2,2H3,(H,21,24,25)/t13-,17-,19+,32?/m1/s1. The fourth-order valence-electron chi connectivity index (χ4n) is 3.33. The van der Waals surface area contributed by atoms with E-state index < -0.39 is 50.3 Å². The number of nitrogens with one attached hydrogen (secondary N) is 1. The van der Waals surface area contributed by atoms with Crippen LogP contribution in [0.3, 0.4) is 0 Å². The number of phosphoric acid groups is 1. The highest BCUT2D eigenvalue weighted by atomic mass is 31.2. The second-order valence-corrected chi connectivity index (χ2v) is 8.64. The zero-order valence-electron chi connectivity index (χ0n) is 16.6. The van der Waals surface area contributed by atoms with E-state index in [1.807, 2.05) is 4.98 Å². The summed E-state index contributed by atoms with van der Waals surface area (Å²) in [6.07, 6.45) is 2.52. The van der Waals surface area contributed by atoms with Crippen LogP contribution in [0.1, 0.15) is 23.8 Å². The molecule has 1 aromatic heterocycles. The second kappa shape index (κ2) is 8.20. The Labute approximate surface area is 180 Å². The third kappa shape index (κ3) is 4.09. The average Bonchev–Trinajstić information content (AvgIpc) is 3.06. The van der Waals surface area contributed by atoms with E-state index in [9.17, 15) is 19.3 Å². The van der Waals surface area contributed by atoms with Crippen LogP contribution < -0.4 is 20.5 Å². The summed E-state index contributed by atoms with van der Waals surface area (Å²) in [4.78, 5) is 25.7. The highest BCUT2D eigenvalue weighted by Gasteiger charge is 2.50. The Kier molecular flexibility index (Phi) is 5.70. The fourth-order valence-corrected chi connectivity index (χ4v) is 4.59. The van der Waals surface area contributed by atoms with E-state index in [1.165, 1.54) is 7.11 Å². The number of aromatic amines is 1. The third-order valence-corrected chi connectivity index (χ3v) is 6.17. The molecule has 2 aromatic rings. The smallest absolute Gasteiger partial charge is 0.493 e. The molecular weight excluding hydrogens is 450 g/mol. The van der Waals surface area contributed by atoms with Gasteiger partial charge in [0.1, 0.15) is 18.3 Å². The number of benzene rings is 1. The van der Waals surface area contributed by atoms with Crippen LogP contribution in [0.25, 0.3) is 0 Å². The van der Waals surface area contributed by atoms with Crippen molar-refractivity contribution in [3.8, 4) is 23.8 Å². The van der Waals surface area contributed by atoms with Crippen LogP contribution in [-0.2, 0) is 25.0 Å². The van der Waals surface area contributed by atoms with E-state index in [1.54, 1.807) is 18.2 Å². The number of phosphoric ester groups is 1. The minimum absolute atomic E-state index is 0.128. The Hall–Kier alpha value is -2.94. The molecule has 0 spiro atoms. The zero-order valence-corrected chi connectivity index (χ0v) is 17.5. The first-order valence-electron chi connectivity index (χ1n) is 9.28. The number of hydrogen-bond acceptors (Lipinski definition) is 9. The maximum Gasteiger partial charge on any atom is 0.530 e. The van der Waals surface area contributed by atoms with Crippen LogP contribution in [0.15, 0.2) is 34.0 Å². The summed E-state index contributed by atoms with van der Waals surface area (Å²) in [6.45, 7) is -1.07. The van der Waals surface area contributed by atoms with Gasteiger partial charge in [0.15, 0.2) is 17.7 Å². The van der Waals surface area contributed by atoms with Crippen molar-refractivity contribution < 1.29 is 37.1 Å². The Balaban J connectivity index is 1.50. The topological polar surface area (TPSA) is 138 Å². The number of fused-ring (bicyclic) bond motifs is 1. The van der Waals surface area contributed by atoms with Gasteiger partial charge in [0, 0.05) is 18.2 Å². The largest absolute Gasteiger partial charge is 0.530 e. The summed E-state index contributed by atoms with van der Waals surface area (Å²) in [5, 5.41) is 10.3. The first-order valence-corrected chi connectivity index (χ1v) is 10.7. The summed E-state index contributed by atoms with van der Waals surface area (Å²) in [5.41, 5.74) is -1.42. The monoisotopic (exact) mass is 468 g/mol. The normalized spacial score (nSPS) is 29.1. The molecule has 13 heteroatoms. The molecule has 4 rings (SSSR count). The predicted molar refractivity (Wildman–Crippen MR) is 106 cm³/mol. The van der Waals surface area contributed by atoms with Crippen LogP contribution in [0, 0.1) is 12.3 Å². The Bertz CT molecular complexity index is 1240. The summed E-state index contributed by atoms with van der Waals surface area (Å²) < 4.78 is 54.8. The molecule has 0 amide bonds. The first-order chi connectivity index (χ1) is 15.2. The van der Waals surface area contributed by atoms with E-state index in [4.69, 9.17) is 29.5 Å². The lowest BCUT2D eigenvalue weighted by molar-refractivity contribution is -0.179. The molecule has 1 aromatic carbocycles. The molecule has 2 N–H and O–H groups in total. The lowest BCUT2D eigenvalue weighted by Crippen LogP contribution is -2.37.